The normalized spacial score (nSPS) is 18.6. The summed E-state index contributed by atoms with van der Waals surface area (Å²) in [5.41, 5.74) is 5.46. The number of hydrogen-bond donors (Lipinski definition) is 2. The molecule has 12 heavy (non-hydrogen) atoms. The number of urea groups is 1. The highest BCUT2D eigenvalue weighted by Crippen LogP contribution is 2.33. The van der Waals surface area contributed by atoms with Gasteiger partial charge in [0.05, 0.1) is 5.54 Å². The smallest absolute Gasteiger partial charge is 0.317 e. The van der Waals surface area contributed by atoms with Crippen LogP contribution in [0, 0.1) is 0 Å². The van der Waals surface area contributed by atoms with Crippen molar-refractivity contribution >= 4 is 6.03 Å². The molecule has 0 heterocycles. The maximum Gasteiger partial charge on any atom is 0.317 e. The number of amides is 2. The van der Waals surface area contributed by atoms with E-state index in [1.54, 1.807) is 11.9 Å². The van der Waals surface area contributed by atoms with Crippen LogP contribution in [0.5, 0.6) is 0 Å². The van der Waals surface area contributed by atoms with E-state index >= 15 is 0 Å². The topological polar surface area (TPSA) is 58.4 Å². The van der Waals surface area contributed by atoms with Crippen LogP contribution in [0.1, 0.15) is 19.8 Å². The molecular formula is C8H17N3O. The average molecular weight is 171 g/mol. The number of nitrogens with two attached hydrogens (primary N) is 1. The highest BCUT2D eigenvalue weighted by molar-refractivity contribution is 5.75. The second kappa shape index (κ2) is 3.31. The first kappa shape index (κ1) is 9.32. The lowest BCUT2D eigenvalue weighted by atomic mass is 10.3. The predicted molar refractivity (Wildman–Crippen MR) is 47.9 cm³/mol. The molecule has 0 saturated heterocycles. The minimum Gasteiger partial charge on any atom is -0.331 e. The molecule has 0 aromatic carbocycles. The Balaban J connectivity index is 2.36. The fourth-order valence-corrected chi connectivity index (χ4v) is 0.997. The van der Waals surface area contributed by atoms with Gasteiger partial charge in [-0.25, -0.2) is 4.79 Å². The van der Waals surface area contributed by atoms with Gasteiger partial charge in [-0.2, -0.15) is 0 Å². The molecule has 0 aliphatic heterocycles. The predicted octanol–water partition coefficient (Wildman–Crippen LogP) is 0.139. The van der Waals surface area contributed by atoms with Gasteiger partial charge < -0.3 is 16.0 Å². The van der Waals surface area contributed by atoms with E-state index in [9.17, 15) is 4.79 Å². The number of carbonyl (C=O) groups is 1. The van der Waals surface area contributed by atoms with Crippen molar-refractivity contribution in [1.82, 2.24) is 10.2 Å². The SMILES string of the molecule is CCN(C)C(=O)NC1(CN)CC1. The number of rotatable bonds is 3. The van der Waals surface area contributed by atoms with E-state index in [1.807, 2.05) is 6.92 Å². The molecule has 2 amide bonds. The summed E-state index contributed by atoms with van der Waals surface area (Å²) in [5.74, 6) is 0. The molecule has 0 aromatic rings. The van der Waals surface area contributed by atoms with Crippen molar-refractivity contribution in [2.75, 3.05) is 20.1 Å². The van der Waals surface area contributed by atoms with Gasteiger partial charge in [-0.05, 0) is 19.8 Å². The van der Waals surface area contributed by atoms with E-state index in [2.05, 4.69) is 5.32 Å². The molecule has 0 unspecified atom stereocenters. The highest BCUT2D eigenvalue weighted by atomic mass is 16.2. The van der Waals surface area contributed by atoms with E-state index in [1.165, 1.54) is 0 Å². The first-order valence-corrected chi connectivity index (χ1v) is 4.37. The third-order valence-corrected chi connectivity index (χ3v) is 2.44. The van der Waals surface area contributed by atoms with Crippen LogP contribution in [0.25, 0.3) is 0 Å². The van der Waals surface area contributed by atoms with Crippen LogP contribution in [-0.4, -0.2) is 36.6 Å². The minimum atomic E-state index is -0.0689. The molecule has 4 nitrogen and oxygen atoms in total. The number of nitrogens with one attached hydrogen (secondary N) is 1. The quantitative estimate of drug-likeness (QED) is 0.634. The van der Waals surface area contributed by atoms with Crippen LogP contribution >= 0.6 is 0 Å². The summed E-state index contributed by atoms with van der Waals surface area (Å²) in [6, 6.07) is -0.0135. The molecule has 0 radical (unpaired) electrons. The van der Waals surface area contributed by atoms with E-state index in [4.69, 9.17) is 5.73 Å². The van der Waals surface area contributed by atoms with Crippen molar-refractivity contribution < 1.29 is 4.79 Å². The maximum atomic E-state index is 11.3. The molecule has 1 rings (SSSR count). The van der Waals surface area contributed by atoms with Gasteiger partial charge in [-0.3, -0.25) is 0 Å². The molecule has 0 bridgehead atoms. The van der Waals surface area contributed by atoms with Crippen LogP contribution in [0.15, 0.2) is 0 Å². The zero-order chi connectivity index (χ0) is 9.19. The van der Waals surface area contributed by atoms with Gasteiger partial charge in [-0.15, -0.1) is 0 Å². The standard InChI is InChI=1S/C8H17N3O/c1-3-11(2)7(12)10-8(6-9)4-5-8/h3-6,9H2,1-2H3,(H,10,12). The fraction of sp³-hybridized carbons (Fsp3) is 0.875. The summed E-state index contributed by atoms with van der Waals surface area (Å²) < 4.78 is 0. The molecule has 1 aliphatic rings. The summed E-state index contributed by atoms with van der Waals surface area (Å²) in [7, 11) is 1.78. The van der Waals surface area contributed by atoms with E-state index in [-0.39, 0.29) is 11.6 Å². The van der Waals surface area contributed by atoms with Gasteiger partial charge in [0, 0.05) is 20.1 Å². The van der Waals surface area contributed by atoms with Gasteiger partial charge in [0.2, 0.25) is 0 Å². The minimum absolute atomic E-state index is 0.0135. The van der Waals surface area contributed by atoms with Gasteiger partial charge in [-0.1, -0.05) is 0 Å². The zero-order valence-corrected chi connectivity index (χ0v) is 7.76. The number of hydrogen-bond acceptors (Lipinski definition) is 2. The number of carbonyl (C=O) groups excluding carboxylic acids is 1. The molecule has 4 heteroatoms. The van der Waals surface area contributed by atoms with Crippen LogP contribution in [0.2, 0.25) is 0 Å². The maximum absolute atomic E-state index is 11.3. The third-order valence-electron chi connectivity index (χ3n) is 2.44. The van der Waals surface area contributed by atoms with Gasteiger partial charge >= 0.3 is 6.03 Å². The summed E-state index contributed by atoms with van der Waals surface area (Å²) in [5, 5.41) is 2.93. The molecule has 1 aliphatic carbocycles. The molecule has 70 valence electrons. The second-order valence-corrected chi connectivity index (χ2v) is 3.43. The zero-order valence-electron chi connectivity index (χ0n) is 7.76. The van der Waals surface area contributed by atoms with Gasteiger partial charge in [0.15, 0.2) is 0 Å². The van der Waals surface area contributed by atoms with Crippen molar-refractivity contribution in [2.24, 2.45) is 5.73 Å². The van der Waals surface area contributed by atoms with Crippen molar-refractivity contribution in [1.29, 1.82) is 0 Å². The van der Waals surface area contributed by atoms with Crippen LogP contribution in [0.4, 0.5) is 4.79 Å². The van der Waals surface area contributed by atoms with E-state index < -0.39 is 0 Å². The summed E-state index contributed by atoms with van der Waals surface area (Å²) in [6.45, 7) is 3.23. The fourth-order valence-electron chi connectivity index (χ4n) is 0.997. The van der Waals surface area contributed by atoms with Crippen LogP contribution in [0.3, 0.4) is 0 Å². The van der Waals surface area contributed by atoms with Crippen molar-refractivity contribution in [2.45, 2.75) is 25.3 Å². The Morgan fingerprint density at radius 3 is 2.58 bits per heavy atom. The Kier molecular flexibility index (Phi) is 2.57. The summed E-state index contributed by atoms with van der Waals surface area (Å²) in [6.07, 6.45) is 2.04. The summed E-state index contributed by atoms with van der Waals surface area (Å²) >= 11 is 0. The second-order valence-electron chi connectivity index (χ2n) is 3.43. The Morgan fingerprint density at radius 1 is 1.67 bits per heavy atom. The van der Waals surface area contributed by atoms with Crippen molar-refractivity contribution in [3.8, 4) is 0 Å². The Bertz CT molecular complexity index is 177. The first-order valence-electron chi connectivity index (χ1n) is 4.37. The van der Waals surface area contributed by atoms with Crippen LogP contribution in [-0.2, 0) is 0 Å². The van der Waals surface area contributed by atoms with E-state index in [0.717, 1.165) is 19.4 Å². The van der Waals surface area contributed by atoms with Crippen molar-refractivity contribution in [3.05, 3.63) is 0 Å². The molecule has 1 fully saturated rings. The van der Waals surface area contributed by atoms with E-state index in [0.29, 0.717) is 6.54 Å². The lowest BCUT2D eigenvalue weighted by Gasteiger charge is -2.20. The van der Waals surface area contributed by atoms with Gasteiger partial charge in [0.1, 0.15) is 0 Å². The molecule has 0 aromatic heterocycles. The molecular weight excluding hydrogens is 154 g/mol. The highest BCUT2D eigenvalue weighted by Gasteiger charge is 2.42. The molecule has 0 atom stereocenters. The first-order chi connectivity index (χ1) is 5.63. The Hall–Kier alpha value is -0.770. The van der Waals surface area contributed by atoms with Gasteiger partial charge in [0.25, 0.3) is 0 Å². The Labute approximate surface area is 73.1 Å². The Morgan fingerprint density at radius 2 is 2.25 bits per heavy atom. The lowest BCUT2D eigenvalue weighted by molar-refractivity contribution is 0.205. The number of nitrogens with zero attached hydrogens (tertiary/aromatic N) is 1. The average Bonchev–Trinajstić information content (AvgIpc) is 2.84. The largest absolute Gasteiger partial charge is 0.331 e. The summed E-state index contributed by atoms with van der Waals surface area (Å²) in [4.78, 5) is 13.0. The third kappa shape index (κ3) is 1.88. The lowest BCUT2D eigenvalue weighted by Crippen LogP contribution is -2.47. The van der Waals surface area contributed by atoms with Crippen molar-refractivity contribution in [3.63, 3.8) is 0 Å². The molecule has 1 saturated carbocycles. The monoisotopic (exact) mass is 171 g/mol. The van der Waals surface area contributed by atoms with Crippen LogP contribution < -0.4 is 11.1 Å². The molecule has 0 spiro atoms. The molecule has 3 N–H and O–H groups in total.